The molecule has 19 heavy (non-hydrogen) atoms. The van der Waals surface area contributed by atoms with Crippen LogP contribution in [0.25, 0.3) is 0 Å². The van der Waals surface area contributed by atoms with Crippen LogP contribution in [-0.4, -0.2) is 12.4 Å². The highest BCUT2D eigenvalue weighted by atomic mass is 16.2. The second-order valence-corrected chi connectivity index (χ2v) is 3.70. The number of carbonyl (C=O) groups is 1. The molecule has 2 aromatic rings. The summed E-state index contributed by atoms with van der Waals surface area (Å²) in [7, 11) is 0. The number of hydrogen-bond acceptors (Lipinski definition) is 3. The highest BCUT2D eigenvalue weighted by molar-refractivity contribution is 5.96. The first-order chi connectivity index (χ1) is 9.34. The number of amides is 2. The first kappa shape index (κ1) is 12.6. The Morgan fingerprint density at radius 3 is 2.11 bits per heavy atom. The molecule has 0 radical (unpaired) electrons. The molecule has 0 aliphatic heterocycles. The topological polar surface area (TPSA) is 65.5 Å². The molecule has 0 saturated carbocycles. The van der Waals surface area contributed by atoms with Crippen LogP contribution in [0.2, 0.25) is 0 Å². The molecule has 2 rings (SSSR count). The maximum absolute atomic E-state index is 11.5. The molecule has 2 amide bonds. The molecule has 0 saturated heterocycles. The summed E-state index contributed by atoms with van der Waals surface area (Å²) < 4.78 is 0. The molecule has 0 aromatic heterocycles. The zero-order valence-corrected chi connectivity index (χ0v) is 10.2. The Balaban J connectivity index is 1.75. The van der Waals surface area contributed by atoms with Crippen molar-refractivity contribution in [1.82, 2.24) is 5.32 Å². The van der Waals surface area contributed by atoms with Gasteiger partial charge >= 0.3 is 6.03 Å². The van der Waals surface area contributed by atoms with Crippen molar-refractivity contribution in [1.29, 1.82) is 0 Å². The number of anilines is 2. The van der Waals surface area contributed by atoms with Gasteiger partial charge in [-0.05, 0) is 24.3 Å². The minimum absolute atomic E-state index is 0.343. The normalized spacial score (nSPS) is 10.1. The third kappa shape index (κ3) is 4.51. The van der Waals surface area contributed by atoms with E-state index in [-0.39, 0.29) is 6.03 Å². The molecular formula is C14H14N4O. The first-order valence-electron chi connectivity index (χ1n) is 5.80. The summed E-state index contributed by atoms with van der Waals surface area (Å²) >= 11 is 0. The van der Waals surface area contributed by atoms with Crippen molar-refractivity contribution >= 4 is 23.7 Å². The quantitative estimate of drug-likeness (QED) is 0.446. The van der Waals surface area contributed by atoms with E-state index in [4.69, 9.17) is 0 Å². The van der Waals surface area contributed by atoms with Crippen molar-refractivity contribution in [2.75, 3.05) is 10.7 Å². The van der Waals surface area contributed by atoms with Crippen molar-refractivity contribution < 1.29 is 4.79 Å². The largest absolute Gasteiger partial charge is 0.324 e. The van der Waals surface area contributed by atoms with E-state index in [1.807, 2.05) is 48.5 Å². The van der Waals surface area contributed by atoms with Gasteiger partial charge in [-0.15, -0.1) is 0 Å². The Morgan fingerprint density at radius 1 is 0.895 bits per heavy atom. The number of nitrogens with one attached hydrogen (secondary N) is 3. The van der Waals surface area contributed by atoms with Crippen LogP contribution in [0.4, 0.5) is 16.2 Å². The van der Waals surface area contributed by atoms with Crippen LogP contribution in [0.15, 0.2) is 65.8 Å². The molecule has 0 aliphatic carbocycles. The number of hydrogen-bond donors (Lipinski definition) is 3. The number of carbonyl (C=O) groups excluding carboxylic acids is 1. The van der Waals surface area contributed by atoms with Gasteiger partial charge in [0.05, 0.1) is 5.69 Å². The number of para-hydroxylation sites is 2. The second kappa shape index (κ2) is 6.80. The van der Waals surface area contributed by atoms with Crippen LogP contribution < -0.4 is 16.1 Å². The summed E-state index contributed by atoms with van der Waals surface area (Å²) in [5.41, 5.74) is 4.37. The van der Waals surface area contributed by atoms with E-state index in [1.165, 1.54) is 6.34 Å². The molecular weight excluding hydrogens is 240 g/mol. The average Bonchev–Trinajstić information content (AvgIpc) is 2.46. The van der Waals surface area contributed by atoms with Gasteiger partial charge < -0.3 is 5.32 Å². The summed E-state index contributed by atoms with van der Waals surface area (Å²) in [5, 5.41) is 9.04. The lowest BCUT2D eigenvalue weighted by atomic mass is 10.3. The lowest BCUT2D eigenvalue weighted by Crippen LogP contribution is -2.27. The maximum atomic E-state index is 11.5. The van der Waals surface area contributed by atoms with Crippen LogP contribution in [0.5, 0.6) is 0 Å². The van der Waals surface area contributed by atoms with Crippen LogP contribution in [0.3, 0.4) is 0 Å². The van der Waals surface area contributed by atoms with E-state index in [2.05, 4.69) is 21.2 Å². The average molecular weight is 254 g/mol. The molecule has 0 heterocycles. The lowest BCUT2D eigenvalue weighted by molar-refractivity contribution is 0.256. The van der Waals surface area contributed by atoms with Crippen LogP contribution >= 0.6 is 0 Å². The van der Waals surface area contributed by atoms with Crippen molar-refractivity contribution in [3.05, 3.63) is 60.7 Å². The van der Waals surface area contributed by atoms with Gasteiger partial charge in [0, 0.05) is 5.69 Å². The number of hydrazone groups is 1. The lowest BCUT2D eigenvalue weighted by Gasteiger charge is -2.03. The van der Waals surface area contributed by atoms with Crippen molar-refractivity contribution in [2.45, 2.75) is 0 Å². The van der Waals surface area contributed by atoms with Gasteiger partial charge in [0.15, 0.2) is 0 Å². The maximum Gasteiger partial charge on any atom is 0.324 e. The molecule has 3 N–H and O–H groups in total. The minimum atomic E-state index is -0.343. The van der Waals surface area contributed by atoms with Crippen molar-refractivity contribution in [3.8, 4) is 0 Å². The van der Waals surface area contributed by atoms with Crippen LogP contribution in [-0.2, 0) is 0 Å². The number of rotatable bonds is 4. The van der Waals surface area contributed by atoms with Gasteiger partial charge in [-0.3, -0.25) is 10.7 Å². The number of benzene rings is 2. The SMILES string of the molecule is O=C(N/C=N/Nc1ccccc1)Nc1ccccc1. The van der Waals surface area contributed by atoms with Gasteiger partial charge in [-0.1, -0.05) is 36.4 Å². The van der Waals surface area contributed by atoms with E-state index >= 15 is 0 Å². The molecule has 2 aromatic carbocycles. The first-order valence-corrected chi connectivity index (χ1v) is 5.80. The Kier molecular flexibility index (Phi) is 4.52. The fourth-order valence-electron chi connectivity index (χ4n) is 1.40. The number of nitrogens with zero attached hydrogens (tertiary/aromatic N) is 1. The Bertz CT molecular complexity index is 540. The van der Waals surface area contributed by atoms with Crippen molar-refractivity contribution in [3.63, 3.8) is 0 Å². The Hall–Kier alpha value is -2.82. The molecule has 96 valence electrons. The zero-order chi connectivity index (χ0) is 13.3. The molecule has 0 unspecified atom stereocenters. The highest BCUT2D eigenvalue weighted by Crippen LogP contribution is 2.04. The van der Waals surface area contributed by atoms with Crippen LogP contribution in [0, 0.1) is 0 Å². The third-order valence-electron chi connectivity index (χ3n) is 2.26. The molecule has 0 fully saturated rings. The summed E-state index contributed by atoms with van der Waals surface area (Å²) in [5.74, 6) is 0. The highest BCUT2D eigenvalue weighted by Gasteiger charge is 1.97. The van der Waals surface area contributed by atoms with E-state index in [1.54, 1.807) is 12.1 Å². The molecule has 5 nitrogen and oxygen atoms in total. The standard InChI is InChI=1S/C14H14N4O/c19-14(17-12-7-3-1-4-8-12)15-11-16-18-13-9-5-2-6-10-13/h1-11,18H,(H2,15,16,17,19). The summed E-state index contributed by atoms with van der Waals surface area (Å²) in [4.78, 5) is 11.5. The Labute approximate surface area is 111 Å². The summed E-state index contributed by atoms with van der Waals surface area (Å²) in [6.07, 6.45) is 1.30. The van der Waals surface area contributed by atoms with E-state index in [0.29, 0.717) is 0 Å². The molecule has 0 atom stereocenters. The molecule has 5 heteroatoms. The molecule has 0 bridgehead atoms. The fourth-order valence-corrected chi connectivity index (χ4v) is 1.40. The van der Waals surface area contributed by atoms with Gasteiger partial charge in [0.1, 0.15) is 6.34 Å². The molecule has 0 aliphatic rings. The predicted molar refractivity (Wildman–Crippen MR) is 77.2 cm³/mol. The van der Waals surface area contributed by atoms with Gasteiger partial charge in [-0.25, -0.2) is 4.79 Å². The van der Waals surface area contributed by atoms with Gasteiger partial charge in [0.2, 0.25) is 0 Å². The van der Waals surface area contributed by atoms with E-state index in [0.717, 1.165) is 11.4 Å². The summed E-state index contributed by atoms with van der Waals surface area (Å²) in [6.45, 7) is 0. The number of urea groups is 1. The third-order valence-corrected chi connectivity index (χ3v) is 2.26. The molecule has 0 spiro atoms. The van der Waals surface area contributed by atoms with E-state index < -0.39 is 0 Å². The minimum Gasteiger partial charge on any atom is -0.308 e. The Morgan fingerprint density at radius 2 is 1.47 bits per heavy atom. The predicted octanol–water partition coefficient (Wildman–Crippen LogP) is 2.86. The zero-order valence-electron chi connectivity index (χ0n) is 10.2. The van der Waals surface area contributed by atoms with Crippen LogP contribution in [0.1, 0.15) is 0 Å². The second-order valence-electron chi connectivity index (χ2n) is 3.70. The fraction of sp³-hybridized carbons (Fsp3) is 0. The van der Waals surface area contributed by atoms with Crippen molar-refractivity contribution in [2.24, 2.45) is 5.10 Å². The smallest absolute Gasteiger partial charge is 0.308 e. The van der Waals surface area contributed by atoms with E-state index in [9.17, 15) is 4.79 Å². The monoisotopic (exact) mass is 254 g/mol. The van der Waals surface area contributed by atoms with Gasteiger partial charge in [0.25, 0.3) is 0 Å². The summed E-state index contributed by atoms with van der Waals surface area (Å²) in [6, 6.07) is 18.3. The van der Waals surface area contributed by atoms with Gasteiger partial charge in [-0.2, -0.15) is 5.10 Å².